The lowest BCUT2D eigenvalue weighted by molar-refractivity contribution is 0.0796. The van der Waals surface area contributed by atoms with E-state index in [9.17, 15) is 4.79 Å². The standard InChI is InChI=1S/C14H14INOS/c1-16(9-8-11-5-4-10-18-11)14(17)12-6-2-3-7-13(12)15/h2-7,10H,8-9H2,1H3. The van der Waals surface area contributed by atoms with Crippen LogP contribution in [0.25, 0.3) is 0 Å². The highest BCUT2D eigenvalue weighted by Gasteiger charge is 2.13. The molecule has 0 radical (unpaired) electrons. The predicted molar refractivity (Wildman–Crippen MR) is 84.1 cm³/mol. The molecule has 0 saturated heterocycles. The van der Waals surface area contributed by atoms with Crippen molar-refractivity contribution in [3.8, 4) is 0 Å². The summed E-state index contributed by atoms with van der Waals surface area (Å²) in [5, 5.41) is 2.07. The summed E-state index contributed by atoms with van der Waals surface area (Å²) in [5.74, 6) is 0.0940. The largest absolute Gasteiger partial charge is 0.341 e. The number of hydrogen-bond acceptors (Lipinski definition) is 2. The first-order valence-electron chi connectivity index (χ1n) is 5.71. The summed E-state index contributed by atoms with van der Waals surface area (Å²) in [7, 11) is 1.86. The Morgan fingerprint density at radius 1 is 1.28 bits per heavy atom. The lowest BCUT2D eigenvalue weighted by atomic mass is 10.2. The molecule has 1 heterocycles. The molecule has 0 saturated carbocycles. The average Bonchev–Trinajstić information content (AvgIpc) is 2.89. The van der Waals surface area contributed by atoms with Gasteiger partial charge >= 0.3 is 0 Å². The zero-order valence-electron chi connectivity index (χ0n) is 10.1. The van der Waals surface area contributed by atoms with Gasteiger partial charge in [0.25, 0.3) is 5.91 Å². The van der Waals surface area contributed by atoms with Crippen LogP contribution in [0.2, 0.25) is 0 Å². The maximum absolute atomic E-state index is 12.2. The molecule has 18 heavy (non-hydrogen) atoms. The highest BCUT2D eigenvalue weighted by atomic mass is 127. The number of nitrogens with zero attached hydrogens (tertiary/aromatic N) is 1. The Hall–Kier alpha value is -0.880. The van der Waals surface area contributed by atoms with Gasteiger partial charge in [0.05, 0.1) is 5.56 Å². The third kappa shape index (κ3) is 3.32. The van der Waals surface area contributed by atoms with Crippen molar-refractivity contribution >= 4 is 39.8 Å². The number of benzene rings is 1. The minimum Gasteiger partial charge on any atom is -0.341 e. The SMILES string of the molecule is CN(CCc1cccs1)C(=O)c1ccccc1I. The summed E-state index contributed by atoms with van der Waals surface area (Å²) in [6.07, 6.45) is 0.920. The number of hydrogen-bond donors (Lipinski definition) is 0. The highest BCUT2D eigenvalue weighted by Crippen LogP contribution is 2.14. The predicted octanol–water partition coefficient (Wildman–Crippen LogP) is 3.67. The van der Waals surface area contributed by atoms with Crippen molar-refractivity contribution in [1.82, 2.24) is 4.90 Å². The van der Waals surface area contributed by atoms with Crippen LogP contribution >= 0.6 is 33.9 Å². The van der Waals surface area contributed by atoms with Gasteiger partial charge in [-0.25, -0.2) is 0 Å². The average molecular weight is 371 g/mol. The van der Waals surface area contributed by atoms with Crippen LogP contribution in [-0.4, -0.2) is 24.4 Å². The van der Waals surface area contributed by atoms with Crippen molar-refractivity contribution in [1.29, 1.82) is 0 Å². The molecule has 1 aromatic carbocycles. The number of carbonyl (C=O) groups is 1. The second-order valence-electron chi connectivity index (χ2n) is 4.04. The van der Waals surface area contributed by atoms with E-state index in [1.54, 1.807) is 16.2 Å². The molecule has 1 amide bonds. The fourth-order valence-electron chi connectivity index (χ4n) is 1.67. The topological polar surface area (TPSA) is 20.3 Å². The Bertz CT molecular complexity index is 524. The van der Waals surface area contributed by atoms with Crippen LogP contribution in [0.5, 0.6) is 0 Å². The quantitative estimate of drug-likeness (QED) is 0.752. The molecule has 0 N–H and O–H groups in total. The van der Waals surface area contributed by atoms with Gasteiger partial charge in [-0.2, -0.15) is 0 Å². The summed E-state index contributed by atoms with van der Waals surface area (Å²) in [6.45, 7) is 0.754. The van der Waals surface area contributed by atoms with Gasteiger partial charge in [0.15, 0.2) is 0 Å². The van der Waals surface area contributed by atoms with Gasteiger partial charge in [-0.3, -0.25) is 4.79 Å². The number of thiophene rings is 1. The summed E-state index contributed by atoms with van der Waals surface area (Å²) in [4.78, 5) is 15.4. The lowest BCUT2D eigenvalue weighted by Crippen LogP contribution is -2.29. The molecule has 1 aromatic heterocycles. The first-order valence-corrected chi connectivity index (χ1v) is 7.66. The van der Waals surface area contributed by atoms with Crippen LogP contribution in [-0.2, 0) is 6.42 Å². The van der Waals surface area contributed by atoms with Gasteiger partial charge in [0, 0.05) is 22.0 Å². The van der Waals surface area contributed by atoms with Crippen molar-refractivity contribution in [3.63, 3.8) is 0 Å². The van der Waals surface area contributed by atoms with Gasteiger partial charge in [0.2, 0.25) is 0 Å². The van der Waals surface area contributed by atoms with Crippen molar-refractivity contribution in [2.75, 3.05) is 13.6 Å². The van der Waals surface area contributed by atoms with E-state index in [4.69, 9.17) is 0 Å². The second-order valence-corrected chi connectivity index (χ2v) is 6.23. The summed E-state index contributed by atoms with van der Waals surface area (Å²) < 4.78 is 1.00. The molecular formula is C14H14INOS. The molecule has 2 rings (SSSR count). The molecule has 0 aliphatic rings. The summed E-state index contributed by atoms with van der Waals surface area (Å²) >= 11 is 3.94. The fourth-order valence-corrected chi connectivity index (χ4v) is 2.99. The molecule has 0 aliphatic heterocycles. The van der Waals surface area contributed by atoms with Crippen LogP contribution in [0.4, 0.5) is 0 Å². The molecule has 0 atom stereocenters. The summed E-state index contributed by atoms with van der Waals surface area (Å²) in [5.41, 5.74) is 0.784. The number of carbonyl (C=O) groups excluding carboxylic acids is 1. The van der Waals surface area contributed by atoms with Crippen molar-refractivity contribution < 1.29 is 4.79 Å². The van der Waals surface area contributed by atoms with E-state index in [0.717, 1.165) is 22.1 Å². The lowest BCUT2D eigenvalue weighted by Gasteiger charge is -2.17. The highest BCUT2D eigenvalue weighted by molar-refractivity contribution is 14.1. The monoisotopic (exact) mass is 371 g/mol. The van der Waals surface area contributed by atoms with Gasteiger partial charge in [0.1, 0.15) is 0 Å². The van der Waals surface area contributed by atoms with Crippen LogP contribution < -0.4 is 0 Å². The van der Waals surface area contributed by atoms with E-state index in [-0.39, 0.29) is 5.91 Å². The van der Waals surface area contributed by atoms with E-state index in [1.165, 1.54) is 4.88 Å². The van der Waals surface area contributed by atoms with E-state index in [2.05, 4.69) is 34.0 Å². The number of halogens is 1. The number of likely N-dealkylation sites (N-methyl/N-ethyl adjacent to an activating group) is 1. The van der Waals surface area contributed by atoms with Gasteiger partial charge < -0.3 is 4.90 Å². The molecule has 2 nitrogen and oxygen atoms in total. The van der Waals surface area contributed by atoms with Gasteiger partial charge in [-0.15, -0.1) is 11.3 Å². The smallest absolute Gasteiger partial charge is 0.254 e. The maximum Gasteiger partial charge on any atom is 0.254 e. The van der Waals surface area contributed by atoms with Crippen LogP contribution in [0.3, 0.4) is 0 Å². The normalized spacial score (nSPS) is 10.3. The molecule has 94 valence electrons. The zero-order valence-corrected chi connectivity index (χ0v) is 13.1. The third-order valence-electron chi connectivity index (χ3n) is 2.72. The van der Waals surface area contributed by atoms with E-state index in [0.29, 0.717) is 0 Å². The maximum atomic E-state index is 12.2. The van der Waals surface area contributed by atoms with Crippen molar-refractivity contribution in [2.24, 2.45) is 0 Å². The zero-order chi connectivity index (χ0) is 13.0. The Morgan fingerprint density at radius 2 is 2.06 bits per heavy atom. The Labute approximate surface area is 125 Å². The van der Waals surface area contributed by atoms with E-state index < -0.39 is 0 Å². The third-order valence-corrected chi connectivity index (χ3v) is 4.60. The number of amides is 1. The Morgan fingerprint density at radius 3 is 2.72 bits per heavy atom. The van der Waals surface area contributed by atoms with Gasteiger partial charge in [-0.1, -0.05) is 18.2 Å². The minimum absolute atomic E-state index is 0.0940. The van der Waals surface area contributed by atoms with E-state index >= 15 is 0 Å². The molecule has 0 spiro atoms. The first-order chi connectivity index (χ1) is 8.68. The Balaban J connectivity index is 1.99. The van der Waals surface area contributed by atoms with Crippen LogP contribution in [0, 0.1) is 3.57 Å². The number of rotatable bonds is 4. The van der Waals surface area contributed by atoms with Crippen molar-refractivity contribution in [2.45, 2.75) is 6.42 Å². The molecular weight excluding hydrogens is 357 g/mol. The molecule has 4 heteroatoms. The molecule has 0 fully saturated rings. The molecule has 0 aliphatic carbocycles. The van der Waals surface area contributed by atoms with Crippen LogP contribution in [0.1, 0.15) is 15.2 Å². The van der Waals surface area contributed by atoms with Crippen molar-refractivity contribution in [3.05, 3.63) is 55.8 Å². The van der Waals surface area contributed by atoms with E-state index in [1.807, 2.05) is 37.4 Å². The molecule has 0 unspecified atom stereocenters. The van der Waals surface area contributed by atoms with Crippen LogP contribution in [0.15, 0.2) is 41.8 Å². The molecule has 0 bridgehead atoms. The Kier molecular flexibility index (Phi) is 4.77. The molecule has 2 aromatic rings. The minimum atomic E-state index is 0.0940. The second kappa shape index (κ2) is 6.33. The fraction of sp³-hybridized carbons (Fsp3) is 0.214. The van der Waals surface area contributed by atoms with Gasteiger partial charge in [-0.05, 0) is 52.6 Å². The summed E-state index contributed by atoms with van der Waals surface area (Å²) in [6, 6.07) is 11.8. The first kappa shape index (κ1) is 13.5.